The van der Waals surface area contributed by atoms with Crippen LogP contribution >= 0.6 is 0 Å². The van der Waals surface area contributed by atoms with Gasteiger partial charge in [-0.1, -0.05) is 5.16 Å². The molecule has 7 heteroatoms. The predicted octanol–water partition coefficient (Wildman–Crippen LogP) is 1.79. The zero-order chi connectivity index (χ0) is 13.3. The number of phenolic OH excluding ortho intramolecular Hbond substituents is 1. The van der Waals surface area contributed by atoms with Crippen LogP contribution in [0.4, 0.5) is 10.2 Å². The van der Waals surface area contributed by atoms with E-state index in [1.165, 1.54) is 26.4 Å². The van der Waals surface area contributed by atoms with Gasteiger partial charge in [0.25, 0.3) is 0 Å². The lowest BCUT2D eigenvalue weighted by Gasteiger charge is -2.11. The van der Waals surface area contributed by atoms with Gasteiger partial charge in [-0.05, 0) is 6.07 Å². The zero-order valence-corrected chi connectivity index (χ0v) is 9.73. The second-order valence-electron chi connectivity index (χ2n) is 3.44. The largest absolute Gasteiger partial charge is 0.504 e. The molecule has 0 aliphatic carbocycles. The Bertz CT molecular complexity index is 583. The van der Waals surface area contributed by atoms with Crippen LogP contribution in [0.1, 0.15) is 0 Å². The smallest absolute Gasteiger partial charge is 0.211 e. The van der Waals surface area contributed by atoms with Crippen LogP contribution in [0.3, 0.4) is 0 Å². The molecule has 0 fully saturated rings. The van der Waals surface area contributed by atoms with Crippen LogP contribution < -0.4 is 15.2 Å². The highest BCUT2D eigenvalue weighted by molar-refractivity contribution is 5.72. The van der Waals surface area contributed by atoms with Crippen LogP contribution in [0.25, 0.3) is 11.3 Å². The van der Waals surface area contributed by atoms with Crippen LogP contribution in [-0.2, 0) is 0 Å². The molecule has 1 aromatic carbocycles. The van der Waals surface area contributed by atoms with E-state index in [1.807, 2.05) is 0 Å². The van der Waals surface area contributed by atoms with Crippen molar-refractivity contribution in [3.05, 3.63) is 17.9 Å². The summed E-state index contributed by atoms with van der Waals surface area (Å²) in [5, 5.41) is 13.2. The van der Waals surface area contributed by atoms with Gasteiger partial charge < -0.3 is 24.8 Å². The van der Waals surface area contributed by atoms with E-state index in [-0.39, 0.29) is 28.6 Å². The first-order valence-corrected chi connectivity index (χ1v) is 4.94. The van der Waals surface area contributed by atoms with E-state index >= 15 is 0 Å². The molecule has 18 heavy (non-hydrogen) atoms. The van der Waals surface area contributed by atoms with E-state index < -0.39 is 11.6 Å². The molecule has 6 nitrogen and oxygen atoms in total. The highest BCUT2D eigenvalue weighted by Crippen LogP contribution is 2.42. The van der Waals surface area contributed by atoms with Crippen molar-refractivity contribution in [2.75, 3.05) is 20.0 Å². The second kappa shape index (κ2) is 4.44. The Labute approximate surface area is 102 Å². The number of hydrogen-bond donors (Lipinski definition) is 2. The number of nitrogen functional groups attached to an aromatic ring is 1. The molecule has 0 saturated heterocycles. The Morgan fingerprint density at radius 3 is 2.56 bits per heavy atom. The van der Waals surface area contributed by atoms with Gasteiger partial charge in [0.1, 0.15) is 0 Å². The molecule has 0 aliphatic rings. The van der Waals surface area contributed by atoms with Crippen molar-refractivity contribution in [2.45, 2.75) is 0 Å². The second-order valence-corrected chi connectivity index (χ2v) is 3.44. The minimum Gasteiger partial charge on any atom is -0.504 e. The molecule has 0 aliphatic heterocycles. The number of nitrogens with two attached hydrogens (primary N) is 1. The van der Waals surface area contributed by atoms with E-state index in [4.69, 9.17) is 19.7 Å². The molecule has 2 rings (SSSR count). The number of benzene rings is 1. The number of aromatic nitrogens is 1. The molecular formula is C11H11FN2O4. The first kappa shape index (κ1) is 12.0. The summed E-state index contributed by atoms with van der Waals surface area (Å²) in [6.45, 7) is 0. The third-order valence-electron chi connectivity index (χ3n) is 2.38. The molecule has 0 unspecified atom stereocenters. The molecule has 2 aromatic rings. The minimum atomic E-state index is -0.943. The van der Waals surface area contributed by atoms with Gasteiger partial charge in [0.2, 0.25) is 11.6 Å². The number of rotatable bonds is 3. The van der Waals surface area contributed by atoms with Gasteiger partial charge in [0.15, 0.2) is 23.1 Å². The fourth-order valence-corrected chi connectivity index (χ4v) is 1.54. The molecule has 3 N–H and O–H groups in total. The Morgan fingerprint density at radius 1 is 1.33 bits per heavy atom. The van der Waals surface area contributed by atoms with Gasteiger partial charge in [-0.2, -0.15) is 4.39 Å². The van der Waals surface area contributed by atoms with E-state index in [0.717, 1.165) is 0 Å². The fourth-order valence-electron chi connectivity index (χ4n) is 1.54. The van der Waals surface area contributed by atoms with Crippen LogP contribution in [0, 0.1) is 5.82 Å². The van der Waals surface area contributed by atoms with Crippen LogP contribution in [-0.4, -0.2) is 24.5 Å². The van der Waals surface area contributed by atoms with Gasteiger partial charge in [-0.3, -0.25) is 0 Å². The van der Waals surface area contributed by atoms with E-state index in [0.29, 0.717) is 0 Å². The topological polar surface area (TPSA) is 90.7 Å². The summed E-state index contributed by atoms with van der Waals surface area (Å²) in [4.78, 5) is 0. The predicted molar refractivity (Wildman–Crippen MR) is 61.1 cm³/mol. The van der Waals surface area contributed by atoms with Crippen molar-refractivity contribution >= 4 is 5.82 Å². The summed E-state index contributed by atoms with van der Waals surface area (Å²) in [6.07, 6.45) is 0. The highest BCUT2D eigenvalue weighted by Gasteiger charge is 2.22. The summed E-state index contributed by atoms with van der Waals surface area (Å²) >= 11 is 0. The lowest BCUT2D eigenvalue weighted by molar-refractivity contribution is 0.326. The minimum absolute atomic E-state index is 0.0781. The lowest BCUT2D eigenvalue weighted by Crippen LogP contribution is -1.95. The van der Waals surface area contributed by atoms with Crippen molar-refractivity contribution < 1.29 is 23.5 Å². The third kappa shape index (κ3) is 1.79. The van der Waals surface area contributed by atoms with Crippen LogP contribution in [0.2, 0.25) is 0 Å². The van der Waals surface area contributed by atoms with Crippen LogP contribution in [0.15, 0.2) is 16.7 Å². The molecule has 0 spiro atoms. The molecule has 0 radical (unpaired) electrons. The average molecular weight is 254 g/mol. The quantitative estimate of drug-likeness (QED) is 0.867. The number of nitrogens with zero attached hydrogens (tertiary/aromatic N) is 1. The molecule has 0 bridgehead atoms. The van der Waals surface area contributed by atoms with Crippen molar-refractivity contribution in [2.24, 2.45) is 0 Å². The number of hydrogen-bond acceptors (Lipinski definition) is 6. The number of ether oxygens (including phenoxy) is 2. The highest BCUT2D eigenvalue weighted by atomic mass is 19.1. The van der Waals surface area contributed by atoms with Gasteiger partial charge in [0.05, 0.1) is 19.8 Å². The number of methoxy groups -OCH3 is 2. The number of phenols is 1. The van der Waals surface area contributed by atoms with Crippen molar-refractivity contribution in [1.82, 2.24) is 5.16 Å². The maximum atomic E-state index is 13.9. The maximum absolute atomic E-state index is 13.9. The first-order chi connectivity index (χ1) is 8.58. The van der Waals surface area contributed by atoms with Gasteiger partial charge >= 0.3 is 0 Å². The maximum Gasteiger partial charge on any atom is 0.211 e. The first-order valence-electron chi connectivity index (χ1n) is 4.94. The van der Waals surface area contributed by atoms with E-state index in [1.54, 1.807) is 0 Å². The molecule has 0 amide bonds. The van der Waals surface area contributed by atoms with Crippen molar-refractivity contribution in [1.29, 1.82) is 0 Å². The Kier molecular flexibility index (Phi) is 2.97. The fraction of sp³-hybridized carbons (Fsp3) is 0.182. The molecule has 96 valence electrons. The summed E-state index contributed by atoms with van der Waals surface area (Å²) < 4.78 is 28.5. The summed E-state index contributed by atoms with van der Waals surface area (Å²) in [5.41, 5.74) is 5.47. The molecule has 1 heterocycles. The van der Waals surface area contributed by atoms with Gasteiger partial charge in [0, 0.05) is 6.07 Å². The zero-order valence-electron chi connectivity index (χ0n) is 9.73. The summed E-state index contributed by atoms with van der Waals surface area (Å²) in [7, 11) is 2.62. The third-order valence-corrected chi connectivity index (χ3v) is 2.38. The SMILES string of the molecule is COc1cc(-c2cc(N)no2)c(O)c(F)c1OC. The number of anilines is 1. The van der Waals surface area contributed by atoms with Gasteiger partial charge in [-0.25, -0.2) is 0 Å². The molecule has 0 saturated carbocycles. The van der Waals surface area contributed by atoms with Crippen molar-refractivity contribution in [3.63, 3.8) is 0 Å². The molecular weight excluding hydrogens is 243 g/mol. The average Bonchev–Trinajstić information content (AvgIpc) is 2.78. The Balaban J connectivity index is 2.65. The molecule has 1 aromatic heterocycles. The van der Waals surface area contributed by atoms with Crippen LogP contribution in [0.5, 0.6) is 17.2 Å². The normalized spacial score (nSPS) is 10.4. The number of aromatic hydroxyl groups is 1. The van der Waals surface area contributed by atoms with E-state index in [9.17, 15) is 9.50 Å². The van der Waals surface area contributed by atoms with Crippen molar-refractivity contribution in [3.8, 4) is 28.6 Å². The standard InChI is InChI=1S/C11H11FN2O4/c1-16-7-3-5(6-4-8(13)14-18-6)10(15)9(12)11(7)17-2/h3-4,15H,1-2H3,(H2,13,14). The Morgan fingerprint density at radius 2 is 2.06 bits per heavy atom. The number of halogens is 1. The lowest BCUT2D eigenvalue weighted by atomic mass is 10.1. The van der Waals surface area contributed by atoms with Gasteiger partial charge in [-0.15, -0.1) is 0 Å². The summed E-state index contributed by atoms with van der Waals surface area (Å²) in [5.74, 6) is -1.38. The Hall–Kier alpha value is -2.44. The van der Waals surface area contributed by atoms with E-state index in [2.05, 4.69) is 5.16 Å². The summed E-state index contributed by atoms with van der Waals surface area (Å²) in [6, 6.07) is 2.73. The monoisotopic (exact) mass is 254 g/mol. The molecule has 0 atom stereocenters.